The van der Waals surface area contributed by atoms with Gasteiger partial charge in [-0.25, -0.2) is 0 Å². The first-order chi connectivity index (χ1) is 16.1. The van der Waals surface area contributed by atoms with Crippen molar-refractivity contribution in [3.63, 3.8) is 0 Å². The minimum absolute atomic E-state index is 0.0256. The lowest BCUT2D eigenvalue weighted by atomic mass is 10.0. The lowest BCUT2D eigenvalue weighted by Gasteiger charge is -2.37. The molecule has 1 saturated heterocycles. The molecule has 0 spiro atoms. The van der Waals surface area contributed by atoms with Gasteiger partial charge in [-0.05, 0) is 49.5 Å². The predicted octanol–water partition coefficient (Wildman–Crippen LogP) is 3.38. The van der Waals surface area contributed by atoms with E-state index in [-0.39, 0.29) is 12.3 Å². The zero-order valence-electron chi connectivity index (χ0n) is 19.6. The molecule has 4 N–H and O–H groups in total. The van der Waals surface area contributed by atoms with Crippen LogP contribution in [0.2, 0.25) is 0 Å². The van der Waals surface area contributed by atoms with E-state index in [1.54, 1.807) is 0 Å². The number of pyridine rings is 2. The molecular formula is C26H35N7. The highest BCUT2D eigenvalue weighted by Gasteiger charge is 2.32. The van der Waals surface area contributed by atoms with Gasteiger partial charge in [-0.2, -0.15) is 0 Å². The second kappa shape index (κ2) is 9.63. The highest BCUT2D eigenvalue weighted by molar-refractivity contribution is 5.82. The number of likely N-dealkylation sites (tertiary alicyclic amines) is 1. The third-order valence-corrected chi connectivity index (χ3v) is 7.07. The summed E-state index contributed by atoms with van der Waals surface area (Å²) in [6, 6.07) is 13.4. The van der Waals surface area contributed by atoms with Gasteiger partial charge < -0.3 is 20.9 Å². The highest BCUT2D eigenvalue weighted by Crippen LogP contribution is 2.35. The predicted molar refractivity (Wildman–Crippen MR) is 135 cm³/mol. The summed E-state index contributed by atoms with van der Waals surface area (Å²) < 4.78 is 0. The minimum atomic E-state index is 0.0256. The van der Waals surface area contributed by atoms with E-state index in [1.165, 1.54) is 16.6 Å². The molecule has 4 heterocycles. The van der Waals surface area contributed by atoms with Crippen molar-refractivity contribution in [1.29, 1.82) is 0 Å². The maximum absolute atomic E-state index is 6.31. The number of anilines is 2. The fraction of sp³-hybridized carbons (Fsp3) is 0.462. The van der Waals surface area contributed by atoms with Gasteiger partial charge >= 0.3 is 0 Å². The fourth-order valence-electron chi connectivity index (χ4n) is 4.91. The molecule has 174 valence electrons. The van der Waals surface area contributed by atoms with Crippen molar-refractivity contribution in [3.8, 4) is 0 Å². The average molecular weight is 446 g/mol. The van der Waals surface area contributed by atoms with E-state index in [2.05, 4.69) is 74.6 Å². The van der Waals surface area contributed by atoms with Crippen LogP contribution in [0, 0.1) is 5.92 Å². The zero-order valence-corrected chi connectivity index (χ0v) is 19.6. The average Bonchev–Trinajstić information content (AvgIpc) is 3.17. The molecule has 2 unspecified atom stereocenters. The van der Waals surface area contributed by atoms with Gasteiger partial charge in [0.15, 0.2) is 6.29 Å². The largest absolute Gasteiger partial charge is 0.350 e. The summed E-state index contributed by atoms with van der Waals surface area (Å²) in [7, 11) is 0. The van der Waals surface area contributed by atoms with E-state index in [0.717, 1.165) is 50.2 Å². The fourth-order valence-corrected chi connectivity index (χ4v) is 4.91. The monoisotopic (exact) mass is 445 g/mol. The Labute approximate surface area is 196 Å². The Kier molecular flexibility index (Phi) is 6.44. The Morgan fingerprint density at radius 3 is 2.76 bits per heavy atom. The molecule has 0 radical (unpaired) electrons. The molecule has 7 heteroatoms. The Hall–Kier alpha value is -2.74. The topological polar surface area (TPSA) is 82.3 Å². The quantitative estimate of drug-likeness (QED) is 0.514. The van der Waals surface area contributed by atoms with Gasteiger partial charge in [-0.15, -0.1) is 0 Å². The van der Waals surface area contributed by atoms with E-state index in [9.17, 15) is 0 Å². The van der Waals surface area contributed by atoms with Gasteiger partial charge in [0.25, 0.3) is 0 Å². The van der Waals surface area contributed by atoms with Crippen LogP contribution in [0.3, 0.4) is 0 Å². The van der Waals surface area contributed by atoms with Gasteiger partial charge in [0.1, 0.15) is 0 Å². The van der Waals surface area contributed by atoms with E-state index >= 15 is 0 Å². The Morgan fingerprint density at radius 2 is 1.94 bits per heavy atom. The molecule has 0 saturated carbocycles. The number of hydrogen-bond donors (Lipinski definition) is 3. The van der Waals surface area contributed by atoms with Crippen LogP contribution in [0.15, 0.2) is 55.0 Å². The standard InChI is InChI=1S/C26H35N7/c1-18(2)22(27)17-32-13-9-21(10-14-32)30-26-31-23-15-28-12-8-24(23)33(26)16-20-6-3-5-19-7-4-11-29-25(19)20/h3-8,11-12,15,18,21-22,26,30-31H,9-10,13-14,16-17,27H2,1-2H3. The van der Waals surface area contributed by atoms with Crippen molar-refractivity contribution in [3.05, 3.63) is 60.6 Å². The molecule has 1 aromatic carbocycles. The van der Waals surface area contributed by atoms with Crippen LogP contribution in [0.1, 0.15) is 32.3 Å². The van der Waals surface area contributed by atoms with Gasteiger partial charge in [0.2, 0.25) is 0 Å². The van der Waals surface area contributed by atoms with Crippen molar-refractivity contribution >= 4 is 22.3 Å². The number of aromatic nitrogens is 2. The van der Waals surface area contributed by atoms with Crippen molar-refractivity contribution in [2.24, 2.45) is 11.7 Å². The van der Waals surface area contributed by atoms with Crippen LogP contribution in [0.4, 0.5) is 11.4 Å². The number of nitrogens with one attached hydrogen (secondary N) is 2. The van der Waals surface area contributed by atoms with E-state index < -0.39 is 0 Å². The first kappa shape index (κ1) is 22.1. The summed E-state index contributed by atoms with van der Waals surface area (Å²) >= 11 is 0. The molecule has 0 aliphatic carbocycles. The molecule has 2 aromatic heterocycles. The van der Waals surface area contributed by atoms with Crippen LogP contribution < -0.4 is 21.3 Å². The molecule has 2 atom stereocenters. The number of nitrogens with zero attached hydrogens (tertiary/aromatic N) is 4. The van der Waals surface area contributed by atoms with Gasteiger partial charge in [-0.3, -0.25) is 15.3 Å². The number of nitrogens with two attached hydrogens (primary N) is 1. The summed E-state index contributed by atoms with van der Waals surface area (Å²) in [6.45, 7) is 8.36. The lowest BCUT2D eigenvalue weighted by Crippen LogP contribution is -2.54. The highest BCUT2D eigenvalue weighted by atomic mass is 15.4. The first-order valence-electron chi connectivity index (χ1n) is 12.1. The van der Waals surface area contributed by atoms with Crippen LogP contribution in [-0.4, -0.2) is 52.9 Å². The third kappa shape index (κ3) is 4.81. The maximum atomic E-state index is 6.31. The first-order valence-corrected chi connectivity index (χ1v) is 12.1. The van der Waals surface area contributed by atoms with Gasteiger partial charge in [-0.1, -0.05) is 38.1 Å². The Morgan fingerprint density at radius 1 is 1.12 bits per heavy atom. The van der Waals surface area contributed by atoms with Crippen LogP contribution in [0.5, 0.6) is 0 Å². The van der Waals surface area contributed by atoms with Crippen molar-refractivity contribution in [2.45, 2.75) is 51.6 Å². The molecule has 5 rings (SSSR count). The van der Waals surface area contributed by atoms with E-state index in [1.807, 2.05) is 24.7 Å². The third-order valence-electron chi connectivity index (χ3n) is 7.07. The number of piperidine rings is 1. The zero-order chi connectivity index (χ0) is 22.8. The van der Waals surface area contributed by atoms with Gasteiger partial charge in [0.05, 0.1) is 23.1 Å². The Balaban J connectivity index is 1.29. The van der Waals surface area contributed by atoms with Crippen molar-refractivity contribution in [2.75, 3.05) is 29.9 Å². The SMILES string of the molecule is CC(C)C(N)CN1CCC(NC2Nc3cnccc3N2Cc2cccc3cccnc23)CC1. The van der Waals surface area contributed by atoms with Crippen molar-refractivity contribution < 1.29 is 0 Å². The van der Waals surface area contributed by atoms with Crippen LogP contribution in [-0.2, 0) is 6.54 Å². The summed E-state index contributed by atoms with van der Waals surface area (Å²) in [4.78, 5) is 13.9. The Bertz CT molecular complexity index is 1070. The molecule has 0 bridgehead atoms. The van der Waals surface area contributed by atoms with Crippen LogP contribution >= 0.6 is 0 Å². The summed E-state index contributed by atoms with van der Waals surface area (Å²) in [5.41, 5.74) is 10.8. The van der Waals surface area contributed by atoms with E-state index in [0.29, 0.717) is 12.0 Å². The minimum Gasteiger partial charge on any atom is -0.350 e. The number of fused-ring (bicyclic) bond motifs is 2. The smallest absolute Gasteiger partial charge is 0.156 e. The molecule has 2 aliphatic heterocycles. The number of benzene rings is 1. The number of hydrogen-bond acceptors (Lipinski definition) is 7. The molecule has 7 nitrogen and oxygen atoms in total. The second-order valence-electron chi connectivity index (χ2n) is 9.71. The molecule has 1 fully saturated rings. The van der Waals surface area contributed by atoms with Crippen LogP contribution in [0.25, 0.3) is 10.9 Å². The summed E-state index contributed by atoms with van der Waals surface area (Å²) in [5.74, 6) is 0.521. The summed E-state index contributed by atoms with van der Waals surface area (Å²) in [5, 5.41) is 8.72. The molecule has 33 heavy (non-hydrogen) atoms. The maximum Gasteiger partial charge on any atom is 0.156 e. The molecule has 3 aromatic rings. The normalized spacial score (nSPS) is 20.2. The summed E-state index contributed by atoms with van der Waals surface area (Å²) in [6.07, 6.45) is 7.94. The van der Waals surface area contributed by atoms with Gasteiger partial charge in [0, 0.05) is 43.0 Å². The van der Waals surface area contributed by atoms with E-state index in [4.69, 9.17) is 5.73 Å². The second-order valence-corrected chi connectivity index (χ2v) is 9.71. The molecule has 2 aliphatic rings. The molecule has 0 amide bonds. The lowest BCUT2D eigenvalue weighted by molar-refractivity contribution is 0.174. The van der Waals surface area contributed by atoms with Crippen molar-refractivity contribution in [1.82, 2.24) is 20.2 Å². The number of para-hydroxylation sites is 1. The molecular weight excluding hydrogens is 410 g/mol. The number of rotatable bonds is 7.